The van der Waals surface area contributed by atoms with Gasteiger partial charge in [0.25, 0.3) is 0 Å². The fraction of sp³-hybridized carbons (Fsp3) is 0.981. The topological polar surface area (TPSA) is 69.6 Å². The summed E-state index contributed by atoms with van der Waals surface area (Å²) < 4.78 is 0. The molecule has 0 radical (unpaired) electrons. The Morgan fingerprint density at radius 1 is 0.345 bits per heavy atom. The predicted octanol–water partition coefficient (Wildman–Crippen LogP) is 17.6. The molecule has 0 aromatic heterocycles. The Hall–Kier alpha value is -0.610. The second-order valence-corrected chi connectivity index (χ2v) is 19.0. The first-order valence-corrected chi connectivity index (χ1v) is 27.2. The standard InChI is InChI=1S/C54H109NO3/c1-3-5-7-9-11-13-15-17-19-20-21-22-23-24-25-26-27-28-29-30-31-32-33-34-35-36-38-40-42-44-46-48-50-54(58)55-52(51-56)53(57)49-47-45-43-41-39-37-18-16-14-12-10-8-6-4-2/h52-53,56-57H,3-51H2,1-2H3,(H,55,58). The molecule has 0 fully saturated rings. The second-order valence-electron chi connectivity index (χ2n) is 19.0. The minimum atomic E-state index is -0.653. The van der Waals surface area contributed by atoms with E-state index in [4.69, 9.17) is 0 Å². The Morgan fingerprint density at radius 3 is 0.776 bits per heavy atom. The Bertz CT molecular complexity index is 759. The molecular weight excluding hydrogens is 711 g/mol. The van der Waals surface area contributed by atoms with Gasteiger partial charge in [0.05, 0.1) is 18.8 Å². The van der Waals surface area contributed by atoms with Gasteiger partial charge in [0, 0.05) is 6.42 Å². The molecule has 0 aliphatic heterocycles. The summed E-state index contributed by atoms with van der Waals surface area (Å²) in [5.74, 6) is -0.0235. The van der Waals surface area contributed by atoms with Crippen molar-refractivity contribution in [2.75, 3.05) is 6.61 Å². The van der Waals surface area contributed by atoms with Crippen molar-refractivity contribution in [3.05, 3.63) is 0 Å². The monoisotopic (exact) mass is 820 g/mol. The van der Waals surface area contributed by atoms with E-state index in [1.165, 1.54) is 270 Å². The molecule has 0 aromatic carbocycles. The third-order valence-corrected chi connectivity index (χ3v) is 13.1. The van der Waals surface area contributed by atoms with E-state index < -0.39 is 12.1 Å². The van der Waals surface area contributed by atoms with Gasteiger partial charge in [-0.1, -0.05) is 303 Å². The lowest BCUT2D eigenvalue weighted by atomic mass is 10.0. The first-order valence-electron chi connectivity index (χ1n) is 27.2. The van der Waals surface area contributed by atoms with E-state index >= 15 is 0 Å². The van der Waals surface area contributed by atoms with Crippen LogP contribution in [0.25, 0.3) is 0 Å². The van der Waals surface area contributed by atoms with Crippen LogP contribution in [0.1, 0.15) is 322 Å². The van der Waals surface area contributed by atoms with E-state index in [9.17, 15) is 15.0 Å². The quantitative estimate of drug-likeness (QED) is 0.0536. The molecule has 58 heavy (non-hydrogen) atoms. The minimum Gasteiger partial charge on any atom is -0.394 e. The van der Waals surface area contributed by atoms with Crippen molar-refractivity contribution < 1.29 is 15.0 Å². The van der Waals surface area contributed by atoms with Crippen LogP contribution in [0.4, 0.5) is 0 Å². The van der Waals surface area contributed by atoms with Gasteiger partial charge in [-0.05, 0) is 12.8 Å². The summed E-state index contributed by atoms with van der Waals surface area (Å²) in [5.41, 5.74) is 0. The summed E-state index contributed by atoms with van der Waals surface area (Å²) in [4.78, 5) is 12.5. The van der Waals surface area contributed by atoms with Crippen molar-refractivity contribution in [2.45, 2.75) is 334 Å². The molecule has 0 aliphatic rings. The zero-order valence-corrected chi connectivity index (χ0v) is 40.1. The number of aliphatic hydroxyl groups excluding tert-OH is 2. The summed E-state index contributed by atoms with van der Waals surface area (Å²) in [6, 6.07) is -0.530. The Morgan fingerprint density at radius 2 is 0.552 bits per heavy atom. The largest absolute Gasteiger partial charge is 0.394 e. The maximum atomic E-state index is 12.5. The lowest BCUT2D eigenvalue weighted by Crippen LogP contribution is -2.45. The fourth-order valence-corrected chi connectivity index (χ4v) is 8.95. The van der Waals surface area contributed by atoms with Crippen molar-refractivity contribution in [1.29, 1.82) is 0 Å². The number of hydrogen-bond donors (Lipinski definition) is 3. The molecule has 0 spiro atoms. The number of rotatable bonds is 51. The maximum absolute atomic E-state index is 12.5. The van der Waals surface area contributed by atoms with Crippen molar-refractivity contribution in [2.24, 2.45) is 0 Å². The van der Waals surface area contributed by atoms with E-state index in [-0.39, 0.29) is 12.5 Å². The van der Waals surface area contributed by atoms with Crippen molar-refractivity contribution in [3.63, 3.8) is 0 Å². The molecule has 0 heterocycles. The number of hydrogen-bond acceptors (Lipinski definition) is 3. The molecule has 2 unspecified atom stereocenters. The van der Waals surface area contributed by atoms with Crippen molar-refractivity contribution in [1.82, 2.24) is 5.32 Å². The highest BCUT2D eigenvalue weighted by Crippen LogP contribution is 2.18. The smallest absolute Gasteiger partial charge is 0.220 e. The van der Waals surface area contributed by atoms with Gasteiger partial charge in [-0.2, -0.15) is 0 Å². The average molecular weight is 820 g/mol. The zero-order valence-electron chi connectivity index (χ0n) is 40.1. The predicted molar refractivity (Wildman–Crippen MR) is 258 cm³/mol. The molecule has 3 N–H and O–H groups in total. The van der Waals surface area contributed by atoms with Crippen LogP contribution in [0.15, 0.2) is 0 Å². The highest BCUT2D eigenvalue weighted by Gasteiger charge is 2.20. The maximum Gasteiger partial charge on any atom is 0.220 e. The van der Waals surface area contributed by atoms with Gasteiger partial charge in [0.1, 0.15) is 0 Å². The Balaban J connectivity index is 3.35. The van der Waals surface area contributed by atoms with Gasteiger partial charge < -0.3 is 15.5 Å². The lowest BCUT2D eigenvalue weighted by molar-refractivity contribution is -0.123. The number of nitrogens with one attached hydrogen (secondary N) is 1. The van der Waals surface area contributed by atoms with E-state index in [1.54, 1.807) is 0 Å². The van der Waals surface area contributed by atoms with Gasteiger partial charge in [-0.15, -0.1) is 0 Å². The van der Waals surface area contributed by atoms with E-state index in [0.717, 1.165) is 25.7 Å². The van der Waals surface area contributed by atoms with Crippen LogP contribution < -0.4 is 5.32 Å². The molecule has 0 saturated carbocycles. The van der Waals surface area contributed by atoms with Gasteiger partial charge >= 0.3 is 0 Å². The third kappa shape index (κ3) is 46.5. The van der Waals surface area contributed by atoms with Gasteiger partial charge in [0.2, 0.25) is 5.91 Å². The zero-order chi connectivity index (χ0) is 42.1. The molecule has 1 amide bonds. The summed E-state index contributed by atoms with van der Waals surface area (Å²) in [7, 11) is 0. The molecule has 0 bridgehead atoms. The molecule has 4 nitrogen and oxygen atoms in total. The van der Waals surface area contributed by atoms with Crippen molar-refractivity contribution >= 4 is 5.91 Å². The summed E-state index contributed by atoms with van der Waals surface area (Å²) in [6.07, 6.45) is 63.8. The summed E-state index contributed by atoms with van der Waals surface area (Å²) >= 11 is 0. The second kappa shape index (κ2) is 50.7. The fourth-order valence-electron chi connectivity index (χ4n) is 8.95. The molecular formula is C54H109NO3. The van der Waals surface area contributed by atoms with Gasteiger partial charge in [-0.3, -0.25) is 4.79 Å². The van der Waals surface area contributed by atoms with Gasteiger partial charge in [-0.25, -0.2) is 0 Å². The molecule has 0 saturated heterocycles. The van der Waals surface area contributed by atoms with Crippen molar-refractivity contribution in [3.8, 4) is 0 Å². The summed E-state index contributed by atoms with van der Waals surface area (Å²) in [5, 5.41) is 23.2. The van der Waals surface area contributed by atoms with E-state index in [0.29, 0.717) is 12.8 Å². The molecule has 4 heteroatoms. The van der Waals surface area contributed by atoms with Crippen LogP contribution in [-0.4, -0.2) is 34.9 Å². The first-order chi connectivity index (χ1) is 28.7. The normalized spacial score (nSPS) is 12.7. The third-order valence-electron chi connectivity index (χ3n) is 13.1. The molecule has 2 atom stereocenters. The first kappa shape index (κ1) is 57.4. The lowest BCUT2D eigenvalue weighted by Gasteiger charge is -2.22. The van der Waals surface area contributed by atoms with Crippen LogP contribution in [0.5, 0.6) is 0 Å². The molecule has 348 valence electrons. The Kier molecular flexibility index (Phi) is 50.2. The SMILES string of the molecule is CCCCCCCCCCCCCCCCCCCCCCCCCCCCCCCCCCC(=O)NC(CO)C(O)CCCCCCCCCCCCCCCC. The molecule has 0 aromatic rings. The van der Waals surface area contributed by atoms with E-state index in [1.807, 2.05) is 0 Å². The van der Waals surface area contributed by atoms with E-state index in [2.05, 4.69) is 19.2 Å². The summed E-state index contributed by atoms with van der Waals surface area (Å²) in [6.45, 7) is 4.39. The average Bonchev–Trinajstić information content (AvgIpc) is 3.23. The van der Waals surface area contributed by atoms with Gasteiger partial charge in [0.15, 0.2) is 0 Å². The number of unbranched alkanes of at least 4 members (excludes halogenated alkanes) is 44. The number of carbonyl (C=O) groups is 1. The highest BCUT2D eigenvalue weighted by atomic mass is 16.3. The van der Waals surface area contributed by atoms with Crippen LogP contribution in [-0.2, 0) is 4.79 Å². The van der Waals surface area contributed by atoms with Crippen LogP contribution in [0, 0.1) is 0 Å². The highest BCUT2D eigenvalue weighted by molar-refractivity contribution is 5.76. The number of amides is 1. The van der Waals surface area contributed by atoms with Crippen LogP contribution >= 0.6 is 0 Å². The van der Waals surface area contributed by atoms with Crippen LogP contribution in [0.3, 0.4) is 0 Å². The molecule has 0 aliphatic carbocycles. The van der Waals surface area contributed by atoms with Crippen LogP contribution in [0.2, 0.25) is 0 Å². The Labute approximate surface area is 365 Å². The minimum absolute atomic E-state index is 0.0235. The number of carbonyl (C=O) groups excluding carboxylic acids is 1. The molecule has 0 rings (SSSR count). The number of aliphatic hydroxyl groups is 2.